The van der Waals surface area contributed by atoms with Gasteiger partial charge in [-0.2, -0.15) is 5.10 Å². The summed E-state index contributed by atoms with van der Waals surface area (Å²) in [5.41, 5.74) is 2.95. The van der Waals surface area contributed by atoms with Crippen molar-refractivity contribution in [3.63, 3.8) is 0 Å². The van der Waals surface area contributed by atoms with Gasteiger partial charge in [0.25, 0.3) is 5.91 Å². The number of esters is 1. The topological polar surface area (TPSA) is 80.2 Å². The number of rotatable bonds is 7. The highest BCUT2D eigenvalue weighted by Gasteiger charge is 2.32. The molecule has 1 aliphatic rings. The molecule has 0 aromatic heterocycles. The highest BCUT2D eigenvalue weighted by molar-refractivity contribution is 9.10. The van der Waals surface area contributed by atoms with E-state index in [0.29, 0.717) is 12.3 Å². The number of benzene rings is 2. The number of nitrogens with zero attached hydrogens (tertiary/aromatic N) is 2. The van der Waals surface area contributed by atoms with E-state index in [9.17, 15) is 9.59 Å². The smallest absolute Gasteiger partial charge is 0.325 e. The Morgan fingerprint density at radius 2 is 1.97 bits per heavy atom. The quantitative estimate of drug-likeness (QED) is 0.494. The zero-order valence-electron chi connectivity index (χ0n) is 16.7. The van der Waals surface area contributed by atoms with Gasteiger partial charge in [-0.3, -0.25) is 14.6 Å². The van der Waals surface area contributed by atoms with Crippen molar-refractivity contribution in [3.05, 3.63) is 75.4 Å². The van der Waals surface area contributed by atoms with E-state index in [1.54, 1.807) is 18.1 Å². The minimum absolute atomic E-state index is 0.235. The molecule has 0 saturated heterocycles. The molecule has 1 heterocycles. The molecule has 7 nitrogen and oxygen atoms in total. The number of methoxy groups -OCH3 is 1. The molecule has 1 N–H and O–H groups in total. The van der Waals surface area contributed by atoms with E-state index in [-0.39, 0.29) is 18.8 Å². The Morgan fingerprint density at radius 1 is 1.20 bits per heavy atom. The lowest BCUT2D eigenvalue weighted by Crippen LogP contribution is -2.38. The molecule has 3 rings (SSSR count). The van der Waals surface area contributed by atoms with E-state index >= 15 is 0 Å². The lowest BCUT2D eigenvalue weighted by molar-refractivity contribution is -0.140. The Hall–Kier alpha value is -3.13. The Kier molecular flexibility index (Phi) is 7.24. The van der Waals surface area contributed by atoms with Gasteiger partial charge in [0.1, 0.15) is 13.2 Å². The van der Waals surface area contributed by atoms with Crippen molar-refractivity contribution in [2.24, 2.45) is 5.10 Å². The van der Waals surface area contributed by atoms with Crippen LogP contribution in [0.2, 0.25) is 0 Å². The van der Waals surface area contributed by atoms with Crippen LogP contribution in [0.1, 0.15) is 23.6 Å². The zero-order chi connectivity index (χ0) is 21.5. The van der Waals surface area contributed by atoms with Crippen LogP contribution in [0.3, 0.4) is 0 Å². The molecule has 0 bridgehead atoms. The minimum atomic E-state index is -0.541. The number of amides is 1. The third-order valence-corrected chi connectivity index (χ3v) is 5.20. The van der Waals surface area contributed by atoms with Gasteiger partial charge in [0, 0.05) is 16.3 Å². The molecule has 2 aromatic rings. The molecular formula is C22H22BrN3O4. The molecule has 1 aliphatic heterocycles. The number of hydrogen-bond acceptors (Lipinski definition) is 6. The van der Waals surface area contributed by atoms with Gasteiger partial charge in [-0.05, 0) is 24.1 Å². The predicted octanol–water partition coefficient (Wildman–Crippen LogP) is 3.45. The van der Waals surface area contributed by atoms with E-state index in [2.05, 4.69) is 31.1 Å². The number of carbonyl (C=O) groups excluding carboxylic acids is 2. The minimum Gasteiger partial charge on any atom is -0.486 e. The lowest BCUT2D eigenvalue weighted by Gasteiger charge is -2.31. The van der Waals surface area contributed by atoms with Crippen LogP contribution in [0.15, 0.2) is 63.8 Å². The van der Waals surface area contributed by atoms with Gasteiger partial charge >= 0.3 is 5.97 Å². The van der Waals surface area contributed by atoms with Gasteiger partial charge in [0.15, 0.2) is 11.5 Å². The average molecular weight is 472 g/mol. The maximum atomic E-state index is 13.0. The zero-order valence-corrected chi connectivity index (χ0v) is 18.3. The van der Waals surface area contributed by atoms with Crippen molar-refractivity contribution in [3.8, 4) is 0 Å². The average Bonchev–Trinajstić information content (AvgIpc) is 2.77. The van der Waals surface area contributed by atoms with E-state index in [1.165, 1.54) is 7.11 Å². The first-order chi connectivity index (χ1) is 14.5. The molecule has 2 aromatic carbocycles. The van der Waals surface area contributed by atoms with Crippen LogP contribution in [0.4, 0.5) is 0 Å². The van der Waals surface area contributed by atoms with Gasteiger partial charge in [0.2, 0.25) is 0 Å². The molecular weight excluding hydrogens is 450 g/mol. The van der Waals surface area contributed by atoms with Crippen LogP contribution in [0.5, 0.6) is 0 Å². The van der Waals surface area contributed by atoms with Crippen LogP contribution in [0, 0.1) is 0 Å². The number of carbonyl (C=O) groups is 2. The summed E-state index contributed by atoms with van der Waals surface area (Å²) < 4.78 is 11.7. The third-order valence-electron chi connectivity index (χ3n) is 4.46. The number of hydrazone groups is 1. The molecule has 0 radical (unpaired) electrons. The Labute approximate surface area is 183 Å². The molecule has 0 atom stereocenters. The first kappa shape index (κ1) is 21.6. The van der Waals surface area contributed by atoms with Gasteiger partial charge in [-0.1, -0.05) is 58.4 Å². The van der Waals surface area contributed by atoms with E-state index in [4.69, 9.17) is 4.74 Å². The second-order valence-corrected chi connectivity index (χ2v) is 7.26. The van der Waals surface area contributed by atoms with Crippen LogP contribution < -0.4 is 5.32 Å². The Morgan fingerprint density at radius 3 is 2.67 bits per heavy atom. The highest BCUT2D eigenvalue weighted by Crippen LogP contribution is 2.37. The fourth-order valence-corrected chi connectivity index (χ4v) is 3.54. The molecule has 0 spiro atoms. The third kappa shape index (κ3) is 4.88. The van der Waals surface area contributed by atoms with Crippen LogP contribution in [-0.2, 0) is 32.2 Å². The van der Waals surface area contributed by atoms with Crippen molar-refractivity contribution in [1.82, 2.24) is 10.3 Å². The summed E-state index contributed by atoms with van der Waals surface area (Å²) in [4.78, 5) is 24.5. The summed E-state index contributed by atoms with van der Waals surface area (Å²) in [6.07, 6.45) is 1.60. The van der Waals surface area contributed by atoms with Gasteiger partial charge in [-0.25, -0.2) is 0 Å². The lowest BCUT2D eigenvalue weighted by atomic mass is 10.00. The number of fused-ring (bicyclic) bond motifs is 1. The molecule has 8 heteroatoms. The van der Waals surface area contributed by atoms with Gasteiger partial charge in [-0.15, -0.1) is 0 Å². The molecule has 1 amide bonds. The number of halogens is 1. The summed E-state index contributed by atoms with van der Waals surface area (Å²) in [6, 6.07) is 15.4. The summed E-state index contributed by atoms with van der Waals surface area (Å²) in [6.45, 7) is 2.17. The van der Waals surface area contributed by atoms with E-state index < -0.39 is 11.9 Å². The van der Waals surface area contributed by atoms with Crippen LogP contribution in [0.25, 0.3) is 5.76 Å². The maximum absolute atomic E-state index is 13.0. The first-order valence-electron chi connectivity index (χ1n) is 9.35. The standard InChI is InChI=1S/C22H22BrN3O4/c1-3-25-26-13-17-16(10-7-11-18(17)23)21(30-14-15-8-5-4-6-9-15)20(26)22(28)24-12-19(27)29-2/h3-11H,12-14H2,1-2H3,(H,24,28)/b25-3-. The van der Waals surface area contributed by atoms with Gasteiger partial charge in [0.05, 0.1) is 13.7 Å². The highest BCUT2D eigenvalue weighted by atomic mass is 79.9. The summed E-state index contributed by atoms with van der Waals surface area (Å²) in [7, 11) is 1.27. The first-order valence-corrected chi connectivity index (χ1v) is 10.1. The second kappa shape index (κ2) is 10.1. The van der Waals surface area contributed by atoms with Gasteiger partial charge < -0.3 is 14.8 Å². The van der Waals surface area contributed by atoms with E-state index in [0.717, 1.165) is 21.2 Å². The van der Waals surface area contributed by atoms with Crippen molar-refractivity contribution in [1.29, 1.82) is 0 Å². The van der Waals surface area contributed by atoms with Crippen molar-refractivity contribution in [2.45, 2.75) is 20.1 Å². The summed E-state index contributed by atoms with van der Waals surface area (Å²) in [5.74, 6) is -0.616. The fourth-order valence-electron chi connectivity index (χ4n) is 3.05. The fraction of sp³-hybridized carbons (Fsp3) is 0.227. The van der Waals surface area contributed by atoms with Crippen molar-refractivity contribution < 1.29 is 19.1 Å². The molecule has 0 fully saturated rings. The predicted molar refractivity (Wildman–Crippen MR) is 117 cm³/mol. The molecule has 30 heavy (non-hydrogen) atoms. The van der Waals surface area contributed by atoms with Crippen LogP contribution >= 0.6 is 15.9 Å². The number of ether oxygens (including phenoxy) is 2. The second-order valence-electron chi connectivity index (χ2n) is 6.41. The van der Waals surface area contributed by atoms with E-state index in [1.807, 2.05) is 48.5 Å². The van der Waals surface area contributed by atoms with Crippen molar-refractivity contribution in [2.75, 3.05) is 13.7 Å². The Bertz CT molecular complexity index is 989. The molecule has 0 unspecified atom stereocenters. The molecule has 0 saturated carbocycles. The largest absolute Gasteiger partial charge is 0.486 e. The Balaban J connectivity index is 2.04. The number of nitrogens with one attached hydrogen (secondary N) is 1. The monoisotopic (exact) mass is 471 g/mol. The van der Waals surface area contributed by atoms with Crippen molar-refractivity contribution >= 4 is 39.8 Å². The van der Waals surface area contributed by atoms with Crippen LogP contribution in [-0.4, -0.2) is 36.8 Å². The molecule has 156 valence electrons. The summed E-state index contributed by atoms with van der Waals surface area (Å²) >= 11 is 3.58. The SMILES string of the molecule is C/C=N\N1Cc2c(Br)cccc2C(OCc2ccccc2)=C1C(=O)NCC(=O)OC. The molecule has 0 aliphatic carbocycles. The maximum Gasteiger partial charge on any atom is 0.325 e. The summed E-state index contributed by atoms with van der Waals surface area (Å²) in [5, 5.41) is 8.51. The normalized spacial score (nSPS) is 13.2. The number of hydrogen-bond donors (Lipinski definition) is 1.